The molecule has 0 unspecified atom stereocenters. The summed E-state index contributed by atoms with van der Waals surface area (Å²) in [7, 11) is 0. The minimum absolute atomic E-state index is 0. The minimum Gasteiger partial charge on any atom is -0.450 e. The second-order valence-corrected chi connectivity index (χ2v) is 0.565. The fourth-order valence-electron chi connectivity index (χ4n) is 0. The van der Waals surface area contributed by atoms with Crippen LogP contribution in [0.25, 0.3) is 0 Å². The zero-order chi connectivity index (χ0) is 7.15. The number of carboxylic acid groups (broad SMARTS) is 4. The molecule has 0 atom stereocenters. The molecule has 8 nitrogen and oxygen atoms in total. The molecule has 0 aliphatic rings. The van der Waals surface area contributed by atoms with Gasteiger partial charge in [-0.3, -0.25) is 0 Å². The zero-order valence-corrected chi connectivity index (χ0v) is 4.81. The van der Waals surface area contributed by atoms with E-state index in [-0.39, 0.29) is 11.6 Å². The molecule has 8 heteroatoms. The standard InChI is InChI=1S/2CH2O3.H3N.H2O/c2*2-1(3)4;;/h2*(H2,2,3,4);1H3;1H2. The second-order valence-electron chi connectivity index (χ2n) is 0.565. The van der Waals surface area contributed by atoms with Crippen LogP contribution in [-0.2, 0) is 0 Å². The fraction of sp³-hybridized carbons (Fsp3) is 0. The van der Waals surface area contributed by atoms with Gasteiger partial charge in [-0.1, -0.05) is 0 Å². The molecule has 0 aliphatic carbocycles. The van der Waals surface area contributed by atoms with Gasteiger partial charge in [0.1, 0.15) is 0 Å². The third-order valence-electron chi connectivity index (χ3n) is 0. The molecular formula is C2H9NO7. The molecule has 9 N–H and O–H groups in total. The average molecular weight is 159 g/mol. The van der Waals surface area contributed by atoms with Crippen LogP contribution in [0.15, 0.2) is 0 Å². The van der Waals surface area contributed by atoms with Gasteiger partial charge in [-0.25, -0.2) is 9.59 Å². The van der Waals surface area contributed by atoms with Crippen molar-refractivity contribution in [2.45, 2.75) is 0 Å². The molecule has 0 saturated heterocycles. The number of carbonyl (C=O) groups is 2. The molecule has 0 saturated carbocycles. The summed E-state index contributed by atoms with van der Waals surface area (Å²) < 4.78 is 0. The molecule has 0 fully saturated rings. The van der Waals surface area contributed by atoms with Gasteiger partial charge in [0.25, 0.3) is 0 Å². The maximum absolute atomic E-state index is 8.56. The Bertz CT molecular complexity index is 69.6. The van der Waals surface area contributed by atoms with Crippen LogP contribution in [0.1, 0.15) is 0 Å². The van der Waals surface area contributed by atoms with E-state index in [4.69, 9.17) is 30.0 Å². The Kier molecular flexibility index (Phi) is 37.0. The van der Waals surface area contributed by atoms with Gasteiger partial charge in [0.2, 0.25) is 0 Å². The van der Waals surface area contributed by atoms with Gasteiger partial charge < -0.3 is 32.1 Å². The summed E-state index contributed by atoms with van der Waals surface area (Å²) in [6.45, 7) is 0. The van der Waals surface area contributed by atoms with Crippen molar-refractivity contribution in [2.75, 3.05) is 0 Å². The molecule has 10 heavy (non-hydrogen) atoms. The van der Waals surface area contributed by atoms with E-state index in [1.54, 1.807) is 0 Å². The Morgan fingerprint density at radius 1 is 0.800 bits per heavy atom. The van der Waals surface area contributed by atoms with Crippen LogP contribution < -0.4 is 6.15 Å². The van der Waals surface area contributed by atoms with E-state index < -0.39 is 12.3 Å². The van der Waals surface area contributed by atoms with Crippen molar-refractivity contribution in [3.8, 4) is 0 Å². The van der Waals surface area contributed by atoms with Crippen LogP contribution >= 0.6 is 0 Å². The first-order valence-electron chi connectivity index (χ1n) is 1.30. The van der Waals surface area contributed by atoms with Crippen molar-refractivity contribution in [2.24, 2.45) is 0 Å². The lowest BCUT2D eigenvalue weighted by molar-refractivity contribution is 0.135. The van der Waals surface area contributed by atoms with E-state index in [0.717, 1.165) is 0 Å². The normalized spacial score (nSPS) is 4.80. The molecule has 0 aromatic carbocycles. The smallest absolute Gasteiger partial charge is 0.450 e. The van der Waals surface area contributed by atoms with Gasteiger partial charge in [-0.15, -0.1) is 0 Å². The van der Waals surface area contributed by atoms with Crippen LogP contribution in [0.3, 0.4) is 0 Å². The first kappa shape index (κ1) is 23.7. The van der Waals surface area contributed by atoms with Crippen molar-refractivity contribution in [3.05, 3.63) is 0 Å². The molecule has 0 amide bonds. The Hall–Kier alpha value is -1.54. The fourth-order valence-corrected chi connectivity index (χ4v) is 0. The predicted octanol–water partition coefficient (Wildman–Crippen LogP) is -0.218. The molecule has 0 aliphatic heterocycles. The van der Waals surface area contributed by atoms with Crippen LogP contribution in [0.4, 0.5) is 9.59 Å². The van der Waals surface area contributed by atoms with E-state index in [9.17, 15) is 0 Å². The van der Waals surface area contributed by atoms with Crippen molar-refractivity contribution in [3.63, 3.8) is 0 Å². The summed E-state index contributed by atoms with van der Waals surface area (Å²) >= 11 is 0. The highest BCUT2D eigenvalue weighted by molar-refractivity contribution is 5.53. The van der Waals surface area contributed by atoms with E-state index in [1.165, 1.54) is 0 Å². The molecule has 0 radical (unpaired) electrons. The Morgan fingerprint density at radius 3 is 0.800 bits per heavy atom. The van der Waals surface area contributed by atoms with Crippen molar-refractivity contribution >= 4 is 12.3 Å². The van der Waals surface area contributed by atoms with Gasteiger partial charge in [0.15, 0.2) is 0 Å². The summed E-state index contributed by atoms with van der Waals surface area (Å²) in [5.74, 6) is 0. The minimum atomic E-state index is -1.83. The van der Waals surface area contributed by atoms with Crippen LogP contribution in [-0.4, -0.2) is 38.2 Å². The maximum Gasteiger partial charge on any atom is 0.503 e. The molecule has 0 bridgehead atoms. The third kappa shape index (κ3) is 81.2. The first-order chi connectivity index (χ1) is 3.46. The number of hydrogen-bond donors (Lipinski definition) is 5. The molecule has 64 valence electrons. The highest BCUT2D eigenvalue weighted by Crippen LogP contribution is 1.43. The molecule has 0 heterocycles. The highest BCUT2D eigenvalue weighted by atomic mass is 16.6. The van der Waals surface area contributed by atoms with Crippen molar-refractivity contribution in [1.82, 2.24) is 6.15 Å². The van der Waals surface area contributed by atoms with Crippen LogP contribution in [0.5, 0.6) is 0 Å². The van der Waals surface area contributed by atoms with Crippen molar-refractivity contribution in [1.29, 1.82) is 0 Å². The van der Waals surface area contributed by atoms with E-state index in [2.05, 4.69) is 0 Å². The second kappa shape index (κ2) is 15.7. The van der Waals surface area contributed by atoms with Crippen molar-refractivity contribution < 1.29 is 35.5 Å². The van der Waals surface area contributed by atoms with E-state index in [1.807, 2.05) is 0 Å². The van der Waals surface area contributed by atoms with Crippen LogP contribution in [0.2, 0.25) is 0 Å². The summed E-state index contributed by atoms with van der Waals surface area (Å²) in [6.07, 6.45) is -3.67. The summed E-state index contributed by atoms with van der Waals surface area (Å²) in [6, 6.07) is 0. The summed E-state index contributed by atoms with van der Waals surface area (Å²) in [5.41, 5.74) is 0. The Morgan fingerprint density at radius 2 is 0.800 bits per heavy atom. The quantitative estimate of drug-likeness (QED) is 0.323. The summed E-state index contributed by atoms with van der Waals surface area (Å²) in [5, 5.41) is 27.9. The third-order valence-corrected chi connectivity index (χ3v) is 0. The molecular weight excluding hydrogens is 150 g/mol. The summed E-state index contributed by atoms with van der Waals surface area (Å²) in [4.78, 5) is 17.1. The Labute approximate surface area is 55.2 Å². The van der Waals surface area contributed by atoms with Gasteiger partial charge >= 0.3 is 12.3 Å². The lowest BCUT2D eigenvalue weighted by Gasteiger charge is -1.60. The SMILES string of the molecule is N.O.O=C(O)O.O=C(O)O. The maximum atomic E-state index is 8.56. The lowest BCUT2D eigenvalue weighted by Crippen LogP contribution is -1.81. The van der Waals surface area contributed by atoms with E-state index >= 15 is 0 Å². The lowest BCUT2D eigenvalue weighted by atomic mass is 11.5. The Balaban J connectivity index is -0.0000000300. The largest absolute Gasteiger partial charge is 0.503 e. The van der Waals surface area contributed by atoms with Crippen LogP contribution in [0, 0.1) is 0 Å². The first-order valence-corrected chi connectivity index (χ1v) is 1.30. The monoisotopic (exact) mass is 159 g/mol. The zero-order valence-electron chi connectivity index (χ0n) is 4.81. The number of hydrogen-bond acceptors (Lipinski definition) is 3. The number of rotatable bonds is 0. The van der Waals surface area contributed by atoms with Gasteiger partial charge in [-0.2, -0.15) is 0 Å². The molecule has 0 aromatic heterocycles. The van der Waals surface area contributed by atoms with Gasteiger partial charge in [0, 0.05) is 0 Å². The van der Waals surface area contributed by atoms with Gasteiger partial charge in [-0.05, 0) is 0 Å². The molecule has 0 spiro atoms. The topological polar surface area (TPSA) is 182 Å². The van der Waals surface area contributed by atoms with E-state index in [0.29, 0.717) is 0 Å². The predicted molar refractivity (Wildman–Crippen MR) is 29.9 cm³/mol. The molecule has 0 rings (SSSR count). The molecule has 0 aromatic rings. The van der Waals surface area contributed by atoms with Gasteiger partial charge in [0.05, 0.1) is 0 Å². The highest BCUT2D eigenvalue weighted by Gasteiger charge is 1.70. The average Bonchev–Trinajstić information content (AvgIpc) is 1.25.